The Balaban J connectivity index is 1.54. The van der Waals surface area contributed by atoms with E-state index in [0.717, 1.165) is 30.5 Å². The molecule has 6 rings (SSSR count). The molecule has 2 aromatic carbocycles. The van der Waals surface area contributed by atoms with Gasteiger partial charge in [0.15, 0.2) is 0 Å². The molecule has 4 aliphatic rings. The van der Waals surface area contributed by atoms with E-state index in [-0.39, 0.29) is 41.1 Å². The van der Waals surface area contributed by atoms with Crippen LogP contribution in [0.3, 0.4) is 0 Å². The van der Waals surface area contributed by atoms with E-state index in [0.29, 0.717) is 5.92 Å². The Labute approximate surface area is 166 Å². The van der Waals surface area contributed by atoms with Crippen LogP contribution >= 0.6 is 0 Å². The van der Waals surface area contributed by atoms with Crippen molar-refractivity contribution in [2.45, 2.75) is 24.9 Å². The summed E-state index contributed by atoms with van der Waals surface area (Å²) in [6.45, 7) is 0.865. The first-order valence-corrected chi connectivity index (χ1v) is 9.72. The molecule has 148 valence electrons. The average Bonchev–Trinajstić information content (AvgIpc) is 2.72. The van der Waals surface area contributed by atoms with Gasteiger partial charge in [0.2, 0.25) is 0 Å². The lowest BCUT2D eigenvalue weighted by molar-refractivity contribution is -0.385. The number of piperidine rings is 3. The number of benzene rings is 2. The normalized spacial score (nSPS) is 32.3. The average molecular weight is 393 g/mol. The minimum Gasteiger partial charge on any atom is -0.299 e. The maximum absolute atomic E-state index is 13.2. The van der Waals surface area contributed by atoms with Crippen molar-refractivity contribution in [2.24, 2.45) is 17.8 Å². The summed E-state index contributed by atoms with van der Waals surface area (Å²) in [5.41, 5.74) is 1.90. The van der Waals surface area contributed by atoms with E-state index >= 15 is 0 Å². The van der Waals surface area contributed by atoms with Crippen molar-refractivity contribution in [3.05, 3.63) is 79.9 Å². The Hall–Kier alpha value is -3.13. The minimum absolute atomic E-state index is 0.0332. The standard InChI is InChI=1S/C21H19N3O5/c25-21-17-9-12-10-18(21)20(14-3-7-16(8-4-14)24(28)29)22(11-12)19(17)13-1-5-15(6-2-13)23(26)27/h1-8,12,17-20H,9-11H2/t12?,17-,18+,19-,20-/m1/s1. The van der Waals surface area contributed by atoms with Gasteiger partial charge < -0.3 is 0 Å². The van der Waals surface area contributed by atoms with Gasteiger partial charge in [-0.2, -0.15) is 0 Å². The van der Waals surface area contributed by atoms with Crippen molar-refractivity contribution in [3.8, 4) is 0 Å². The molecule has 2 aromatic rings. The number of carbonyl (C=O) groups is 1. The number of non-ortho nitro benzene ring substituents is 2. The molecule has 3 heterocycles. The molecule has 4 fully saturated rings. The summed E-state index contributed by atoms with van der Waals surface area (Å²) in [6.07, 6.45) is 1.72. The number of rotatable bonds is 4. The molecule has 1 saturated carbocycles. The third-order valence-corrected chi connectivity index (χ3v) is 6.74. The summed E-state index contributed by atoms with van der Waals surface area (Å²) in [5.74, 6) is 0.543. The molecular formula is C21H19N3O5. The first kappa shape index (κ1) is 17.9. The number of nitrogens with zero attached hydrogens (tertiary/aromatic N) is 3. The molecule has 29 heavy (non-hydrogen) atoms. The topological polar surface area (TPSA) is 107 Å². The van der Waals surface area contributed by atoms with E-state index in [2.05, 4.69) is 4.90 Å². The highest BCUT2D eigenvalue weighted by atomic mass is 16.6. The molecule has 0 N–H and O–H groups in total. The van der Waals surface area contributed by atoms with Crippen LogP contribution in [0.2, 0.25) is 0 Å². The van der Waals surface area contributed by atoms with Crippen LogP contribution in [0, 0.1) is 38.0 Å². The third kappa shape index (κ3) is 2.74. The largest absolute Gasteiger partial charge is 0.299 e. The first-order chi connectivity index (χ1) is 13.9. The molecule has 4 bridgehead atoms. The fraction of sp³-hybridized carbons (Fsp3) is 0.381. The second kappa shape index (κ2) is 6.45. The minimum atomic E-state index is -0.425. The van der Waals surface area contributed by atoms with Gasteiger partial charge in [-0.05, 0) is 29.9 Å². The lowest BCUT2D eigenvalue weighted by Gasteiger charge is -2.59. The van der Waals surface area contributed by atoms with Crippen LogP contribution < -0.4 is 0 Å². The molecule has 6 atom stereocenters. The summed E-state index contributed by atoms with van der Waals surface area (Å²) in [4.78, 5) is 36.7. The third-order valence-electron chi connectivity index (χ3n) is 6.74. The van der Waals surface area contributed by atoms with E-state index in [1.165, 1.54) is 24.3 Å². The van der Waals surface area contributed by atoms with E-state index in [1.54, 1.807) is 24.3 Å². The second-order valence-corrected chi connectivity index (χ2v) is 8.24. The molecule has 3 aliphatic heterocycles. The Morgan fingerprint density at radius 3 is 1.55 bits per heavy atom. The molecule has 0 aromatic heterocycles. The van der Waals surface area contributed by atoms with Gasteiger partial charge in [0.1, 0.15) is 5.78 Å². The fourth-order valence-corrected chi connectivity index (χ4v) is 5.63. The monoisotopic (exact) mass is 393 g/mol. The smallest absolute Gasteiger partial charge is 0.269 e. The van der Waals surface area contributed by atoms with Gasteiger partial charge in [-0.1, -0.05) is 24.3 Å². The predicted octanol–water partition coefficient (Wildman–Crippen LogP) is 3.83. The summed E-state index contributed by atoms with van der Waals surface area (Å²) in [5, 5.41) is 22.0. The summed E-state index contributed by atoms with van der Waals surface area (Å²) in [7, 11) is 0. The van der Waals surface area contributed by atoms with E-state index in [4.69, 9.17) is 0 Å². The SMILES string of the molecule is O=C1[C@H]2CC3C[C@@H]1[C@@H](c1ccc([N+](=O)[O-])cc1)N(C3)[C@@H]2c1ccc([N+](=O)[O-])cc1. The van der Waals surface area contributed by atoms with Crippen LogP contribution in [0.25, 0.3) is 0 Å². The van der Waals surface area contributed by atoms with Gasteiger partial charge in [-0.3, -0.25) is 29.9 Å². The van der Waals surface area contributed by atoms with Crippen LogP contribution in [-0.4, -0.2) is 27.1 Å². The van der Waals surface area contributed by atoms with Crippen molar-refractivity contribution in [1.82, 2.24) is 4.90 Å². The van der Waals surface area contributed by atoms with Crippen LogP contribution in [0.1, 0.15) is 36.1 Å². The molecule has 8 nitrogen and oxygen atoms in total. The van der Waals surface area contributed by atoms with E-state index < -0.39 is 9.85 Å². The zero-order valence-corrected chi connectivity index (χ0v) is 15.5. The number of ketones is 1. The van der Waals surface area contributed by atoms with E-state index in [1.807, 2.05) is 0 Å². The number of hydrogen-bond donors (Lipinski definition) is 0. The number of nitro groups is 2. The van der Waals surface area contributed by atoms with E-state index in [9.17, 15) is 25.0 Å². The molecule has 0 spiro atoms. The lowest BCUT2D eigenvalue weighted by atomic mass is 9.59. The van der Waals surface area contributed by atoms with Crippen LogP contribution in [0.5, 0.6) is 0 Å². The van der Waals surface area contributed by atoms with Crippen LogP contribution in [-0.2, 0) is 4.79 Å². The molecular weight excluding hydrogens is 374 g/mol. The van der Waals surface area contributed by atoms with Crippen molar-refractivity contribution < 1.29 is 14.6 Å². The summed E-state index contributed by atoms with van der Waals surface area (Å²) < 4.78 is 0. The van der Waals surface area contributed by atoms with Gasteiger partial charge in [-0.25, -0.2) is 0 Å². The highest BCUT2D eigenvalue weighted by Gasteiger charge is 2.57. The Morgan fingerprint density at radius 1 is 0.759 bits per heavy atom. The fourth-order valence-electron chi connectivity index (χ4n) is 5.63. The van der Waals surface area contributed by atoms with Gasteiger partial charge in [0, 0.05) is 54.7 Å². The number of nitro benzene ring substituents is 2. The van der Waals surface area contributed by atoms with Gasteiger partial charge in [-0.15, -0.1) is 0 Å². The Bertz CT molecular complexity index is 926. The highest BCUT2D eigenvalue weighted by molar-refractivity contribution is 5.87. The molecule has 1 aliphatic carbocycles. The summed E-state index contributed by atoms with van der Waals surface area (Å²) in [6, 6.07) is 12.8. The zero-order valence-electron chi connectivity index (χ0n) is 15.5. The van der Waals surface area contributed by atoms with Gasteiger partial charge >= 0.3 is 0 Å². The van der Waals surface area contributed by atoms with Crippen LogP contribution in [0.4, 0.5) is 11.4 Å². The van der Waals surface area contributed by atoms with Gasteiger partial charge in [0.05, 0.1) is 9.85 Å². The molecule has 3 saturated heterocycles. The van der Waals surface area contributed by atoms with Gasteiger partial charge in [0.25, 0.3) is 11.4 Å². The Morgan fingerprint density at radius 2 is 1.17 bits per heavy atom. The maximum Gasteiger partial charge on any atom is 0.269 e. The molecule has 0 amide bonds. The molecule has 8 heteroatoms. The highest BCUT2D eigenvalue weighted by Crippen LogP contribution is 2.57. The number of Topliss-reactive ketones (excluding diaryl/α,β-unsaturated/α-hetero) is 1. The van der Waals surface area contributed by atoms with Crippen molar-refractivity contribution in [1.29, 1.82) is 0 Å². The second-order valence-electron chi connectivity index (χ2n) is 8.24. The Kier molecular flexibility index (Phi) is 3.99. The van der Waals surface area contributed by atoms with Crippen molar-refractivity contribution in [2.75, 3.05) is 6.54 Å². The summed E-state index contributed by atoms with van der Waals surface area (Å²) >= 11 is 0. The van der Waals surface area contributed by atoms with Crippen molar-refractivity contribution in [3.63, 3.8) is 0 Å². The molecule has 0 radical (unpaired) electrons. The number of hydrogen-bond acceptors (Lipinski definition) is 6. The number of carbonyl (C=O) groups excluding carboxylic acids is 1. The molecule has 2 unspecified atom stereocenters. The van der Waals surface area contributed by atoms with Crippen molar-refractivity contribution >= 4 is 17.2 Å². The zero-order chi connectivity index (χ0) is 20.3. The van der Waals surface area contributed by atoms with Crippen LogP contribution in [0.15, 0.2) is 48.5 Å². The quantitative estimate of drug-likeness (QED) is 0.577. The lowest BCUT2D eigenvalue weighted by Crippen LogP contribution is -2.60. The predicted molar refractivity (Wildman–Crippen MR) is 103 cm³/mol. The maximum atomic E-state index is 13.2. The first-order valence-electron chi connectivity index (χ1n) is 9.72.